The number of allylic oxidation sites excluding steroid dienone is 1. The first-order valence-corrected chi connectivity index (χ1v) is 7.41. The maximum atomic E-state index is 13.1. The Morgan fingerprint density at radius 1 is 1.40 bits per heavy atom. The normalized spacial score (nSPS) is 21.6. The monoisotopic (exact) mass is 295 g/mol. The number of hydrogen-bond acceptors (Lipinski definition) is 3. The van der Waals surface area contributed by atoms with E-state index >= 15 is 0 Å². The molecule has 1 unspecified atom stereocenters. The molecule has 0 saturated carbocycles. The van der Waals surface area contributed by atoms with E-state index < -0.39 is 4.75 Å². The van der Waals surface area contributed by atoms with Gasteiger partial charge in [-0.15, -0.1) is 0 Å². The number of benzene rings is 1. The molecule has 1 aromatic carbocycles. The van der Waals surface area contributed by atoms with Crippen LogP contribution in [0.5, 0.6) is 0 Å². The Balaban J connectivity index is 1.75. The van der Waals surface area contributed by atoms with Crippen LogP contribution in [-0.4, -0.2) is 28.9 Å². The van der Waals surface area contributed by atoms with Crippen molar-refractivity contribution in [2.45, 2.75) is 24.0 Å². The number of thioether (sulfide) groups is 1. The van der Waals surface area contributed by atoms with E-state index in [1.807, 2.05) is 30.3 Å². The molecular formula is C15H18FNO2S. The maximum Gasteiger partial charge on any atom is 0.220 e. The van der Waals surface area contributed by atoms with E-state index in [1.54, 1.807) is 0 Å². The minimum Gasteiger partial charge on any atom is -0.395 e. The SMILES string of the molecule is O=C(CCc1ccccc1)NCC1(CO)CC=C(F)S1. The summed E-state index contributed by atoms with van der Waals surface area (Å²) in [6, 6.07) is 9.78. The second-order valence-electron chi connectivity index (χ2n) is 4.92. The molecule has 0 aromatic heterocycles. The quantitative estimate of drug-likeness (QED) is 0.847. The Kier molecular flexibility index (Phi) is 5.20. The summed E-state index contributed by atoms with van der Waals surface area (Å²) < 4.78 is 12.5. The first kappa shape index (κ1) is 15.1. The van der Waals surface area contributed by atoms with Crippen LogP contribution in [0.3, 0.4) is 0 Å². The van der Waals surface area contributed by atoms with Crippen LogP contribution < -0.4 is 5.32 Å². The Bertz CT molecular complexity index is 492. The molecule has 2 rings (SSSR count). The van der Waals surface area contributed by atoms with E-state index in [-0.39, 0.29) is 24.2 Å². The van der Waals surface area contributed by atoms with Crippen LogP contribution in [0.15, 0.2) is 41.6 Å². The van der Waals surface area contributed by atoms with Crippen LogP contribution in [0.25, 0.3) is 0 Å². The van der Waals surface area contributed by atoms with Crippen LogP contribution >= 0.6 is 11.8 Å². The van der Waals surface area contributed by atoms with Gasteiger partial charge in [-0.25, -0.2) is 0 Å². The third-order valence-electron chi connectivity index (χ3n) is 3.33. The number of rotatable bonds is 6. The highest BCUT2D eigenvalue weighted by Crippen LogP contribution is 2.41. The minimum atomic E-state index is -0.632. The first-order chi connectivity index (χ1) is 9.63. The molecule has 1 amide bonds. The number of aliphatic hydroxyl groups excluding tert-OH is 1. The average Bonchev–Trinajstić information content (AvgIpc) is 2.86. The van der Waals surface area contributed by atoms with Crippen molar-refractivity contribution in [3.05, 3.63) is 47.1 Å². The zero-order valence-corrected chi connectivity index (χ0v) is 12.0. The minimum absolute atomic E-state index is 0.0745. The molecule has 3 nitrogen and oxygen atoms in total. The van der Waals surface area contributed by atoms with E-state index in [4.69, 9.17) is 0 Å². The fraction of sp³-hybridized carbons (Fsp3) is 0.400. The molecule has 0 spiro atoms. The molecule has 2 N–H and O–H groups in total. The van der Waals surface area contributed by atoms with Gasteiger partial charge >= 0.3 is 0 Å². The third-order valence-corrected chi connectivity index (χ3v) is 4.56. The summed E-state index contributed by atoms with van der Waals surface area (Å²) in [6.07, 6.45) is 2.97. The number of amides is 1. The Morgan fingerprint density at radius 3 is 2.75 bits per heavy atom. The van der Waals surface area contributed by atoms with Gasteiger partial charge in [0.2, 0.25) is 5.91 Å². The molecule has 1 aliphatic heterocycles. The number of carbonyl (C=O) groups is 1. The predicted octanol–water partition coefficient (Wildman–Crippen LogP) is 2.41. The highest BCUT2D eigenvalue weighted by atomic mass is 32.2. The molecule has 108 valence electrons. The lowest BCUT2D eigenvalue weighted by atomic mass is 10.1. The van der Waals surface area contributed by atoms with Crippen LogP contribution in [-0.2, 0) is 11.2 Å². The lowest BCUT2D eigenvalue weighted by molar-refractivity contribution is -0.121. The molecule has 1 aromatic rings. The van der Waals surface area contributed by atoms with Gasteiger partial charge < -0.3 is 10.4 Å². The van der Waals surface area contributed by atoms with Crippen molar-refractivity contribution in [1.82, 2.24) is 5.32 Å². The van der Waals surface area contributed by atoms with Crippen molar-refractivity contribution in [3.63, 3.8) is 0 Å². The van der Waals surface area contributed by atoms with Gasteiger partial charge in [0.15, 0.2) is 5.16 Å². The second-order valence-corrected chi connectivity index (χ2v) is 6.38. The van der Waals surface area contributed by atoms with E-state index in [0.29, 0.717) is 19.3 Å². The Labute approximate surface area is 122 Å². The smallest absolute Gasteiger partial charge is 0.220 e. The summed E-state index contributed by atoms with van der Waals surface area (Å²) in [4.78, 5) is 11.8. The van der Waals surface area contributed by atoms with Crippen LogP contribution in [0.2, 0.25) is 0 Å². The molecular weight excluding hydrogens is 277 g/mol. The highest BCUT2D eigenvalue weighted by Gasteiger charge is 2.35. The summed E-state index contributed by atoms with van der Waals surface area (Å²) >= 11 is 0.999. The number of halogens is 1. The number of carbonyl (C=O) groups excluding carboxylic acids is 1. The van der Waals surface area contributed by atoms with Crippen molar-refractivity contribution < 1.29 is 14.3 Å². The summed E-state index contributed by atoms with van der Waals surface area (Å²) in [6.45, 7) is 0.131. The van der Waals surface area contributed by atoms with E-state index in [9.17, 15) is 14.3 Å². The molecule has 0 saturated heterocycles. The van der Waals surface area contributed by atoms with Gasteiger partial charge in [0, 0.05) is 13.0 Å². The summed E-state index contributed by atoms with van der Waals surface area (Å²) in [5.74, 6) is -0.0745. The van der Waals surface area contributed by atoms with Crippen molar-refractivity contribution in [2.24, 2.45) is 0 Å². The first-order valence-electron chi connectivity index (χ1n) is 6.60. The summed E-state index contributed by atoms with van der Waals surface area (Å²) in [5, 5.41) is 11.9. The van der Waals surface area contributed by atoms with Gasteiger partial charge in [-0.2, -0.15) is 4.39 Å². The van der Waals surface area contributed by atoms with Crippen molar-refractivity contribution in [3.8, 4) is 0 Å². The van der Waals surface area contributed by atoms with Gasteiger partial charge in [-0.3, -0.25) is 4.79 Å². The standard InChI is InChI=1S/C15H18FNO2S/c16-13-8-9-15(11-18,20-13)10-17-14(19)7-6-12-4-2-1-3-5-12/h1-5,8,18H,6-7,9-11H2,(H,17,19). The number of hydrogen-bond donors (Lipinski definition) is 2. The summed E-state index contributed by atoms with van der Waals surface area (Å²) in [5.41, 5.74) is 1.11. The third kappa shape index (κ3) is 4.08. The van der Waals surface area contributed by atoms with Gasteiger partial charge in [-0.1, -0.05) is 42.1 Å². The number of nitrogens with one attached hydrogen (secondary N) is 1. The highest BCUT2D eigenvalue weighted by molar-refractivity contribution is 8.04. The molecule has 0 aliphatic carbocycles. The molecule has 20 heavy (non-hydrogen) atoms. The Morgan fingerprint density at radius 2 is 2.15 bits per heavy atom. The van der Waals surface area contributed by atoms with Crippen LogP contribution in [0.1, 0.15) is 18.4 Å². The zero-order chi connectivity index (χ0) is 14.4. The van der Waals surface area contributed by atoms with Gasteiger partial charge in [0.1, 0.15) is 0 Å². The van der Waals surface area contributed by atoms with E-state index in [2.05, 4.69) is 5.32 Å². The summed E-state index contributed by atoms with van der Waals surface area (Å²) in [7, 11) is 0. The lowest BCUT2D eigenvalue weighted by Crippen LogP contribution is -2.41. The van der Waals surface area contributed by atoms with E-state index in [1.165, 1.54) is 6.08 Å². The molecule has 0 fully saturated rings. The molecule has 5 heteroatoms. The topological polar surface area (TPSA) is 49.3 Å². The van der Waals surface area contributed by atoms with Gasteiger partial charge in [0.25, 0.3) is 0 Å². The molecule has 0 bridgehead atoms. The fourth-order valence-electron chi connectivity index (χ4n) is 2.07. The van der Waals surface area contributed by atoms with Crippen molar-refractivity contribution >= 4 is 17.7 Å². The van der Waals surface area contributed by atoms with E-state index in [0.717, 1.165) is 17.3 Å². The average molecular weight is 295 g/mol. The largest absolute Gasteiger partial charge is 0.395 e. The van der Waals surface area contributed by atoms with Crippen LogP contribution in [0, 0.1) is 0 Å². The predicted molar refractivity (Wildman–Crippen MR) is 79.0 cm³/mol. The number of aryl methyl sites for hydroxylation is 1. The fourth-order valence-corrected chi connectivity index (χ4v) is 3.02. The molecule has 1 aliphatic rings. The molecule has 1 atom stereocenters. The van der Waals surface area contributed by atoms with Crippen LogP contribution in [0.4, 0.5) is 4.39 Å². The lowest BCUT2D eigenvalue weighted by Gasteiger charge is -2.25. The van der Waals surface area contributed by atoms with Gasteiger partial charge in [0.05, 0.1) is 11.4 Å². The second kappa shape index (κ2) is 6.90. The maximum absolute atomic E-state index is 13.1. The number of aliphatic hydroxyl groups is 1. The van der Waals surface area contributed by atoms with Crippen molar-refractivity contribution in [1.29, 1.82) is 0 Å². The van der Waals surface area contributed by atoms with Gasteiger partial charge in [-0.05, 0) is 24.5 Å². The van der Waals surface area contributed by atoms with Crippen molar-refractivity contribution in [2.75, 3.05) is 13.2 Å². The molecule has 1 heterocycles. The zero-order valence-electron chi connectivity index (χ0n) is 11.1. The Hall–Kier alpha value is -1.33. The molecule has 0 radical (unpaired) electrons.